The molecule has 0 aliphatic heterocycles. The van der Waals surface area contributed by atoms with Gasteiger partial charge >= 0.3 is 5.97 Å². The zero-order valence-corrected chi connectivity index (χ0v) is 8.91. The van der Waals surface area contributed by atoms with Crippen molar-refractivity contribution in [3.8, 4) is 0 Å². The lowest BCUT2D eigenvalue weighted by Crippen LogP contribution is -2.04. The van der Waals surface area contributed by atoms with Crippen LogP contribution in [0.5, 0.6) is 0 Å². The summed E-state index contributed by atoms with van der Waals surface area (Å²) in [4.78, 5) is 19.1. The van der Waals surface area contributed by atoms with E-state index >= 15 is 0 Å². The van der Waals surface area contributed by atoms with E-state index in [1.54, 1.807) is 24.9 Å². The molecule has 0 aliphatic rings. The van der Waals surface area contributed by atoms with Gasteiger partial charge in [-0.25, -0.2) is 14.8 Å². The van der Waals surface area contributed by atoms with E-state index in [1.807, 2.05) is 0 Å². The Hall–Kier alpha value is -1.62. The number of carbonyl (C=O) groups is 1. The molecule has 2 rings (SSSR count). The lowest BCUT2D eigenvalue weighted by Gasteiger charge is -2.03. The van der Waals surface area contributed by atoms with Crippen molar-refractivity contribution >= 4 is 28.7 Å². The summed E-state index contributed by atoms with van der Waals surface area (Å²) in [6, 6.07) is 0. The molecular weight excluding hydrogens is 218 g/mol. The summed E-state index contributed by atoms with van der Waals surface area (Å²) in [7, 11) is 1.78. The number of halogens is 1. The molecule has 2 aromatic heterocycles. The first-order valence-corrected chi connectivity index (χ1v) is 4.60. The van der Waals surface area contributed by atoms with Crippen LogP contribution in [0.15, 0.2) is 6.33 Å². The topological polar surface area (TPSA) is 68.0 Å². The van der Waals surface area contributed by atoms with Crippen molar-refractivity contribution in [1.82, 2.24) is 14.5 Å². The molecule has 0 unspecified atom stereocenters. The minimum Gasteiger partial charge on any atom is -0.478 e. The number of carboxylic acid groups (broad SMARTS) is 1. The summed E-state index contributed by atoms with van der Waals surface area (Å²) >= 11 is 5.96. The molecule has 0 atom stereocenters. The lowest BCUT2D eigenvalue weighted by atomic mass is 10.2. The van der Waals surface area contributed by atoms with E-state index in [0.29, 0.717) is 16.9 Å². The summed E-state index contributed by atoms with van der Waals surface area (Å²) in [5, 5.41) is 9.10. The SMILES string of the molecule is Cc1nc2c(ncn2C)c(Cl)c1C(=O)O. The fraction of sp³-hybridized carbons (Fsp3) is 0.222. The molecule has 0 aromatic carbocycles. The largest absolute Gasteiger partial charge is 0.478 e. The van der Waals surface area contributed by atoms with Gasteiger partial charge < -0.3 is 9.67 Å². The molecule has 0 aliphatic carbocycles. The maximum absolute atomic E-state index is 10.9. The van der Waals surface area contributed by atoms with Crippen molar-refractivity contribution in [2.24, 2.45) is 7.05 Å². The van der Waals surface area contributed by atoms with Gasteiger partial charge in [0.05, 0.1) is 17.0 Å². The van der Waals surface area contributed by atoms with Gasteiger partial charge in [-0.2, -0.15) is 0 Å². The molecule has 2 heterocycles. The second-order valence-electron chi connectivity index (χ2n) is 3.22. The third-order valence-electron chi connectivity index (χ3n) is 2.18. The molecule has 0 spiro atoms. The van der Waals surface area contributed by atoms with Crippen LogP contribution in [0.25, 0.3) is 11.2 Å². The van der Waals surface area contributed by atoms with Crippen LogP contribution in [0.4, 0.5) is 0 Å². The van der Waals surface area contributed by atoms with Gasteiger partial charge in [0.2, 0.25) is 0 Å². The maximum atomic E-state index is 10.9. The number of rotatable bonds is 1. The fourth-order valence-corrected chi connectivity index (χ4v) is 1.80. The smallest absolute Gasteiger partial charge is 0.339 e. The van der Waals surface area contributed by atoms with Gasteiger partial charge in [-0.1, -0.05) is 11.6 Å². The van der Waals surface area contributed by atoms with Gasteiger partial charge in [0.1, 0.15) is 11.1 Å². The normalized spacial score (nSPS) is 10.9. The molecule has 1 N–H and O–H groups in total. The Bertz CT molecular complexity index is 562. The number of fused-ring (bicyclic) bond motifs is 1. The fourth-order valence-electron chi connectivity index (χ4n) is 1.45. The Morgan fingerprint density at radius 1 is 1.60 bits per heavy atom. The molecule has 0 amide bonds. The highest BCUT2D eigenvalue weighted by atomic mass is 35.5. The first-order valence-electron chi connectivity index (χ1n) is 4.22. The Morgan fingerprint density at radius 2 is 2.27 bits per heavy atom. The number of carboxylic acids is 1. The molecule has 6 heteroatoms. The molecule has 0 bridgehead atoms. The van der Waals surface area contributed by atoms with Crippen LogP contribution < -0.4 is 0 Å². The predicted molar refractivity (Wildman–Crippen MR) is 55.2 cm³/mol. The van der Waals surface area contributed by atoms with Gasteiger partial charge in [-0.05, 0) is 6.92 Å². The van der Waals surface area contributed by atoms with E-state index in [0.717, 1.165) is 0 Å². The minimum absolute atomic E-state index is 0.0165. The molecule has 0 fully saturated rings. The summed E-state index contributed by atoms with van der Waals surface area (Å²) < 4.78 is 1.69. The number of imidazole rings is 1. The third-order valence-corrected chi connectivity index (χ3v) is 2.55. The van der Waals surface area contributed by atoms with Crippen molar-refractivity contribution in [2.75, 3.05) is 0 Å². The summed E-state index contributed by atoms with van der Waals surface area (Å²) in [6.45, 7) is 1.61. The molecule has 78 valence electrons. The zero-order chi connectivity index (χ0) is 11.2. The van der Waals surface area contributed by atoms with E-state index < -0.39 is 5.97 Å². The molecule has 0 saturated heterocycles. The highest BCUT2D eigenvalue weighted by Crippen LogP contribution is 2.26. The maximum Gasteiger partial charge on any atom is 0.339 e. The molecular formula is C9H8ClN3O2. The summed E-state index contributed by atoms with van der Waals surface area (Å²) in [6.07, 6.45) is 1.55. The molecule has 0 saturated carbocycles. The second-order valence-corrected chi connectivity index (χ2v) is 3.60. The number of pyridine rings is 1. The second kappa shape index (κ2) is 3.20. The molecule has 0 radical (unpaired) electrons. The van der Waals surface area contributed by atoms with E-state index in [4.69, 9.17) is 16.7 Å². The van der Waals surface area contributed by atoms with Crippen molar-refractivity contribution in [3.63, 3.8) is 0 Å². The van der Waals surface area contributed by atoms with Gasteiger partial charge in [-0.3, -0.25) is 0 Å². The van der Waals surface area contributed by atoms with Crippen LogP contribution in [0, 0.1) is 6.92 Å². The molecule has 2 aromatic rings. The van der Waals surface area contributed by atoms with Gasteiger partial charge in [0.25, 0.3) is 0 Å². The van der Waals surface area contributed by atoms with Gasteiger partial charge in [0, 0.05) is 7.05 Å². The minimum atomic E-state index is -1.09. The van der Waals surface area contributed by atoms with Crippen LogP contribution >= 0.6 is 11.6 Å². The Balaban J connectivity index is 2.91. The highest BCUT2D eigenvalue weighted by Gasteiger charge is 2.19. The van der Waals surface area contributed by atoms with Gasteiger partial charge in [0.15, 0.2) is 5.65 Å². The van der Waals surface area contributed by atoms with Crippen LogP contribution in [0.3, 0.4) is 0 Å². The zero-order valence-electron chi connectivity index (χ0n) is 8.15. The average molecular weight is 226 g/mol. The first kappa shape index (κ1) is 9.92. The molecule has 15 heavy (non-hydrogen) atoms. The summed E-state index contributed by atoms with van der Waals surface area (Å²) in [5.41, 5.74) is 1.41. The Morgan fingerprint density at radius 3 is 2.87 bits per heavy atom. The van der Waals surface area contributed by atoms with Crippen molar-refractivity contribution < 1.29 is 9.90 Å². The number of hydrogen-bond acceptors (Lipinski definition) is 3. The highest BCUT2D eigenvalue weighted by molar-refractivity contribution is 6.37. The van der Waals surface area contributed by atoms with Crippen LogP contribution in [-0.4, -0.2) is 25.6 Å². The Kier molecular flexibility index (Phi) is 2.12. The Labute approximate surface area is 90.3 Å². The van der Waals surface area contributed by atoms with Crippen molar-refractivity contribution in [2.45, 2.75) is 6.92 Å². The van der Waals surface area contributed by atoms with Crippen molar-refractivity contribution in [1.29, 1.82) is 0 Å². The van der Waals surface area contributed by atoms with Crippen LogP contribution in [0.2, 0.25) is 5.02 Å². The quantitative estimate of drug-likeness (QED) is 0.801. The third kappa shape index (κ3) is 1.35. The average Bonchev–Trinajstić information content (AvgIpc) is 2.47. The molecule has 5 nitrogen and oxygen atoms in total. The lowest BCUT2D eigenvalue weighted by molar-refractivity contribution is 0.0696. The monoisotopic (exact) mass is 225 g/mol. The number of hydrogen-bond donors (Lipinski definition) is 1. The van der Waals surface area contributed by atoms with E-state index in [-0.39, 0.29) is 10.6 Å². The van der Waals surface area contributed by atoms with E-state index in [1.165, 1.54) is 0 Å². The number of aromatic nitrogens is 3. The standard InChI is InChI=1S/C9H8ClN3O2/c1-4-5(9(14)15)6(10)7-8(12-4)13(2)3-11-7/h3H,1-2H3,(H,14,15). The van der Waals surface area contributed by atoms with Crippen molar-refractivity contribution in [3.05, 3.63) is 22.6 Å². The predicted octanol–water partition coefficient (Wildman–Crippen LogP) is 1.63. The van der Waals surface area contributed by atoms with E-state index in [2.05, 4.69) is 9.97 Å². The van der Waals surface area contributed by atoms with Crippen LogP contribution in [-0.2, 0) is 7.05 Å². The summed E-state index contributed by atoms with van der Waals surface area (Å²) in [5.74, 6) is -1.09. The van der Waals surface area contributed by atoms with Crippen LogP contribution in [0.1, 0.15) is 16.1 Å². The van der Waals surface area contributed by atoms with E-state index in [9.17, 15) is 4.79 Å². The first-order chi connectivity index (χ1) is 7.02. The number of aromatic carboxylic acids is 1. The number of nitrogens with zero attached hydrogens (tertiary/aromatic N) is 3. The number of aryl methyl sites for hydroxylation is 2. The van der Waals surface area contributed by atoms with Gasteiger partial charge in [-0.15, -0.1) is 0 Å².